The predicted molar refractivity (Wildman–Crippen MR) is 70.2 cm³/mol. The zero-order valence-electron chi connectivity index (χ0n) is 11.7. The summed E-state index contributed by atoms with van der Waals surface area (Å²) in [5.74, 6) is 0.638. The van der Waals surface area contributed by atoms with Crippen LogP contribution in [0.4, 0.5) is 0 Å². The van der Waals surface area contributed by atoms with Gasteiger partial charge < -0.3 is 15.0 Å². The van der Waals surface area contributed by atoms with E-state index in [1.54, 1.807) is 7.11 Å². The molecule has 0 saturated heterocycles. The fourth-order valence-corrected chi connectivity index (χ4v) is 2.14. The van der Waals surface area contributed by atoms with Crippen molar-refractivity contribution < 1.29 is 17.7 Å². The van der Waals surface area contributed by atoms with E-state index in [4.69, 9.17) is 15.0 Å². The summed E-state index contributed by atoms with van der Waals surface area (Å²) in [5.41, 5.74) is 5.21. The number of rotatable bonds is 7. The van der Waals surface area contributed by atoms with Crippen molar-refractivity contribution in [2.75, 3.05) is 19.1 Å². The summed E-state index contributed by atoms with van der Waals surface area (Å²) in [6, 6.07) is -0.589. The molecular weight excluding hydrogens is 270 g/mol. The van der Waals surface area contributed by atoms with Crippen LogP contribution in [0.5, 0.6) is 0 Å². The molecule has 0 amide bonds. The van der Waals surface area contributed by atoms with Gasteiger partial charge in [-0.3, -0.25) is 0 Å². The Labute approximate surface area is 113 Å². The van der Waals surface area contributed by atoms with E-state index in [0.29, 0.717) is 12.2 Å². The standard InChI is InChI=1S/C11H21N3O4S/c1-5-11(2,17-3)10-13-9(18-14-10)8(12)6-7-19(4,15)16/h8H,5-7,12H2,1-4H3. The first-order chi connectivity index (χ1) is 8.72. The largest absolute Gasteiger partial charge is 0.370 e. The van der Waals surface area contributed by atoms with Crippen LogP contribution in [0.1, 0.15) is 44.4 Å². The summed E-state index contributed by atoms with van der Waals surface area (Å²) in [6.45, 7) is 3.80. The third-order valence-corrected chi connectivity index (χ3v) is 4.13. The van der Waals surface area contributed by atoms with Crippen LogP contribution in [0, 0.1) is 0 Å². The van der Waals surface area contributed by atoms with Gasteiger partial charge in [-0.2, -0.15) is 4.98 Å². The Morgan fingerprint density at radius 2 is 2.16 bits per heavy atom. The van der Waals surface area contributed by atoms with E-state index < -0.39 is 21.5 Å². The van der Waals surface area contributed by atoms with Gasteiger partial charge in [-0.25, -0.2) is 8.42 Å². The Kier molecular flexibility index (Phi) is 5.05. The first-order valence-corrected chi connectivity index (χ1v) is 8.10. The van der Waals surface area contributed by atoms with Crippen LogP contribution in [0.2, 0.25) is 0 Å². The molecule has 2 N–H and O–H groups in total. The molecule has 0 spiro atoms. The molecule has 2 unspecified atom stereocenters. The van der Waals surface area contributed by atoms with Crippen molar-refractivity contribution in [3.63, 3.8) is 0 Å². The Balaban J connectivity index is 2.79. The number of sulfone groups is 1. The van der Waals surface area contributed by atoms with Crippen LogP contribution in [-0.4, -0.2) is 37.7 Å². The second kappa shape index (κ2) is 5.98. The third-order valence-electron chi connectivity index (χ3n) is 3.16. The second-order valence-corrected chi connectivity index (χ2v) is 7.03. The van der Waals surface area contributed by atoms with Crippen molar-refractivity contribution in [2.45, 2.75) is 38.3 Å². The SMILES string of the molecule is CCC(C)(OC)c1noc(C(N)CCS(C)(=O)=O)n1. The van der Waals surface area contributed by atoms with E-state index in [9.17, 15) is 8.42 Å². The van der Waals surface area contributed by atoms with Gasteiger partial charge in [0.25, 0.3) is 0 Å². The average Bonchev–Trinajstić information content (AvgIpc) is 2.84. The highest BCUT2D eigenvalue weighted by atomic mass is 32.2. The van der Waals surface area contributed by atoms with E-state index in [-0.39, 0.29) is 18.1 Å². The molecule has 0 saturated carbocycles. The van der Waals surface area contributed by atoms with Gasteiger partial charge in [0, 0.05) is 13.4 Å². The van der Waals surface area contributed by atoms with Crippen LogP contribution in [-0.2, 0) is 20.2 Å². The van der Waals surface area contributed by atoms with E-state index in [0.717, 1.165) is 6.26 Å². The zero-order valence-corrected chi connectivity index (χ0v) is 12.5. The molecule has 1 aromatic heterocycles. The summed E-state index contributed by atoms with van der Waals surface area (Å²) in [7, 11) is -1.48. The number of methoxy groups -OCH3 is 1. The lowest BCUT2D eigenvalue weighted by Crippen LogP contribution is -2.25. The molecule has 0 aliphatic heterocycles. The zero-order chi connectivity index (χ0) is 14.7. The summed E-state index contributed by atoms with van der Waals surface area (Å²) < 4.78 is 32.6. The van der Waals surface area contributed by atoms with E-state index in [1.165, 1.54) is 0 Å². The third kappa shape index (κ3) is 4.26. The maximum atomic E-state index is 11.1. The van der Waals surface area contributed by atoms with Gasteiger partial charge in [0.15, 0.2) is 0 Å². The molecule has 2 atom stereocenters. The Hall–Kier alpha value is -0.990. The van der Waals surface area contributed by atoms with Crippen LogP contribution >= 0.6 is 0 Å². The van der Waals surface area contributed by atoms with E-state index in [1.807, 2.05) is 13.8 Å². The number of hydrogen-bond acceptors (Lipinski definition) is 7. The lowest BCUT2D eigenvalue weighted by molar-refractivity contribution is -0.0106. The van der Waals surface area contributed by atoms with Gasteiger partial charge in [0.2, 0.25) is 11.7 Å². The van der Waals surface area contributed by atoms with Crippen LogP contribution < -0.4 is 5.73 Å². The van der Waals surface area contributed by atoms with Gasteiger partial charge in [0.05, 0.1) is 11.8 Å². The maximum Gasteiger partial charge on any atom is 0.243 e. The van der Waals surface area contributed by atoms with Crippen molar-refractivity contribution in [1.29, 1.82) is 0 Å². The highest BCUT2D eigenvalue weighted by molar-refractivity contribution is 7.90. The van der Waals surface area contributed by atoms with E-state index in [2.05, 4.69) is 10.1 Å². The minimum Gasteiger partial charge on any atom is -0.370 e. The number of hydrogen-bond donors (Lipinski definition) is 1. The number of ether oxygens (including phenoxy) is 1. The van der Waals surface area contributed by atoms with Crippen molar-refractivity contribution in [3.05, 3.63) is 11.7 Å². The molecular formula is C11H21N3O4S. The molecule has 0 radical (unpaired) electrons. The molecule has 0 fully saturated rings. The molecule has 110 valence electrons. The number of nitrogens with zero attached hydrogens (tertiary/aromatic N) is 2. The summed E-state index contributed by atoms with van der Waals surface area (Å²) in [4.78, 5) is 4.20. The van der Waals surface area contributed by atoms with E-state index >= 15 is 0 Å². The molecule has 1 aromatic rings. The fraction of sp³-hybridized carbons (Fsp3) is 0.818. The monoisotopic (exact) mass is 291 g/mol. The minimum atomic E-state index is -3.05. The average molecular weight is 291 g/mol. The highest BCUT2D eigenvalue weighted by Crippen LogP contribution is 2.26. The topological polar surface area (TPSA) is 108 Å². The lowest BCUT2D eigenvalue weighted by Gasteiger charge is -2.21. The first-order valence-electron chi connectivity index (χ1n) is 6.04. The predicted octanol–water partition coefficient (Wildman–Crippen LogP) is 0.776. The molecule has 1 rings (SSSR count). The highest BCUT2D eigenvalue weighted by Gasteiger charge is 2.31. The molecule has 19 heavy (non-hydrogen) atoms. The van der Waals surface area contributed by atoms with Crippen molar-refractivity contribution in [1.82, 2.24) is 10.1 Å². The summed E-state index contributed by atoms with van der Waals surface area (Å²) in [5, 5.41) is 3.85. The molecule has 0 aliphatic rings. The van der Waals surface area contributed by atoms with Crippen molar-refractivity contribution in [3.8, 4) is 0 Å². The number of nitrogens with two attached hydrogens (primary N) is 1. The second-order valence-electron chi connectivity index (χ2n) is 4.77. The molecule has 1 heterocycles. The summed E-state index contributed by atoms with van der Waals surface area (Å²) in [6.07, 6.45) is 2.09. The van der Waals surface area contributed by atoms with Crippen LogP contribution in [0.25, 0.3) is 0 Å². The number of aromatic nitrogens is 2. The van der Waals surface area contributed by atoms with Crippen LogP contribution in [0.3, 0.4) is 0 Å². The van der Waals surface area contributed by atoms with Gasteiger partial charge in [0.1, 0.15) is 15.4 Å². The minimum absolute atomic E-state index is 0.0127. The van der Waals surface area contributed by atoms with Crippen molar-refractivity contribution in [2.24, 2.45) is 5.73 Å². The summed E-state index contributed by atoms with van der Waals surface area (Å²) >= 11 is 0. The van der Waals surface area contributed by atoms with Gasteiger partial charge in [-0.15, -0.1) is 0 Å². The maximum absolute atomic E-state index is 11.1. The lowest BCUT2D eigenvalue weighted by atomic mass is 10.0. The van der Waals surface area contributed by atoms with Crippen molar-refractivity contribution >= 4 is 9.84 Å². The smallest absolute Gasteiger partial charge is 0.243 e. The molecule has 0 bridgehead atoms. The van der Waals surface area contributed by atoms with Crippen LogP contribution in [0.15, 0.2) is 4.52 Å². The molecule has 8 heteroatoms. The Morgan fingerprint density at radius 1 is 1.53 bits per heavy atom. The van der Waals surface area contributed by atoms with Gasteiger partial charge in [-0.1, -0.05) is 12.1 Å². The van der Waals surface area contributed by atoms with Gasteiger partial charge in [-0.05, 0) is 19.8 Å². The first kappa shape index (κ1) is 16.1. The molecule has 7 nitrogen and oxygen atoms in total. The molecule has 0 aromatic carbocycles. The Morgan fingerprint density at radius 3 is 2.63 bits per heavy atom. The van der Waals surface area contributed by atoms with Gasteiger partial charge >= 0.3 is 0 Å². The molecule has 0 aliphatic carbocycles. The normalized spacial score (nSPS) is 17.1. The Bertz CT molecular complexity index is 508. The quantitative estimate of drug-likeness (QED) is 0.790. The fourth-order valence-electron chi connectivity index (χ4n) is 1.46.